The second-order valence-corrected chi connectivity index (χ2v) is 4.47. The Kier molecular flexibility index (Phi) is 6.12. The Hall–Kier alpha value is -3.34. The van der Waals surface area contributed by atoms with Crippen molar-refractivity contribution >= 4 is 11.5 Å². The molecule has 3 heterocycles. The molecule has 0 aliphatic heterocycles. The van der Waals surface area contributed by atoms with Crippen LogP contribution in [0, 0.1) is 0 Å². The van der Waals surface area contributed by atoms with E-state index in [4.69, 9.17) is 14.6 Å². The highest BCUT2D eigenvalue weighted by molar-refractivity contribution is 5.95. The third kappa shape index (κ3) is 4.14. The van der Waals surface area contributed by atoms with E-state index in [0.29, 0.717) is 5.69 Å². The Bertz CT molecular complexity index is 892. The van der Waals surface area contributed by atoms with Gasteiger partial charge >= 0.3 is 5.97 Å². The Morgan fingerprint density at radius 3 is 2.80 bits per heavy atom. The van der Waals surface area contributed by atoms with E-state index in [0.717, 1.165) is 0 Å². The van der Waals surface area contributed by atoms with Crippen molar-refractivity contribution in [3.05, 3.63) is 46.7 Å². The van der Waals surface area contributed by atoms with E-state index in [9.17, 15) is 9.59 Å². The first-order valence-electron chi connectivity index (χ1n) is 7.14. The summed E-state index contributed by atoms with van der Waals surface area (Å²) in [5, 5.41) is 19.3. The van der Waals surface area contributed by atoms with E-state index in [1.165, 1.54) is 36.7 Å². The Morgan fingerprint density at radius 1 is 1.44 bits per heavy atom. The number of rotatable bonds is 4. The smallest absolute Gasteiger partial charge is 0.343 e. The molecule has 0 atom stereocenters. The number of esters is 1. The SMILES string of the molecule is CCOC(=O)c1cn2nc[nH]c(=O)c2c1OC.OCc1cncnn1. The average Bonchev–Trinajstić information content (AvgIpc) is 3.03. The fourth-order valence-electron chi connectivity index (χ4n) is 1.90. The zero-order valence-electron chi connectivity index (χ0n) is 13.5. The lowest BCUT2D eigenvalue weighted by Gasteiger charge is -2.01. The van der Waals surface area contributed by atoms with Crippen molar-refractivity contribution in [2.24, 2.45) is 0 Å². The van der Waals surface area contributed by atoms with Crippen molar-refractivity contribution in [3.63, 3.8) is 0 Å². The van der Waals surface area contributed by atoms with Crippen molar-refractivity contribution < 1.29 is 19.4 Å². The minimum atomic E-state index is -0.547. The monoisotopic (exact) mass is 348 g/mol. The van der Waals surface area contributed by atoms with Crippen LogP contribution in [0.5, 0.6) is 5.75 Å². The summed E-state index contributed by atoms with van der Waals surface area (Å²) in [4.78, 5) is 29.3. The highest BCUT2D eigenvalue weighted by Gasteiger charge is 2.21. The van der Waals surface area contributed by atoms with E-state index in [1.54, 1.807) is 6.92 Å². The lowest BCUT2D eigenvalue weighted by molar-refractivity contribution is 0.0523. The molecule has 11 heteroatoms. The molecule has 3 rings (SSSR count). The Balaban J connectivity index is 0.000000236. The molecule has 0 aliphatic carbocycles. The number of nitrogens with one attached hydrogen (secondary N) is 1. The summed E-state index contributed by atoms with van der Waals surface area (Å²) in [5.74, 6) is -0.382. The minimum absolute atomic E-state index is 0.0964. The molecule has 3 aromatic heterocycles. The Labute approximate surface area is 141 Å². The summed E-state index contributed by atoms with van der Waals surface area (Å²) >= 11 is 0. The number of hydrogen-bond acceptors (Lipinski definition) is 9. The molecule has 0 aliphatic rings. The first-order valence-corrected chi connectivity index (χ1v) is 7.14. The zero-order chi connectivity index (χ0) is 18.2. The van der Waals surface area contributed by atoms with Crippen LogP contribution in [0.1, 0.15) is 23.0 Å². The van der Waals surface area contributed by atoms with Crippen LogP contribution in [0.15, 0.2) is 29.8 Å². The van der Waals surface area contributed by atoms with E-state index in [2.05, 4.69) is 25.3 Å². The molecule has 2 N–H and O–H groups in total. The summed E-state index contributed by atoms with van der Waals surface area (Å²) < 4.78 is 11.2. The maximum atomic E-state index is 11.6. The molecule has 0 bridgehead atoms. The number of aliphatic hydroxyl groups is 1. The Morgan fingerprint density at radius 2 is 2.24 bits per heavy atom. The highest BCUT2D eigenvalue weighted by atomic mass is 16.5. The molecule has 0 radical (unpaired) electrons. The van der Waals surface area contributed by atoms with Crippen molar-refractivity contribution in [2.45, 2.75) is 13.5 Å². The normalized spacial score (nSPS) is 10.0. The number of ether oxygens (including phenoxy) is 2. The molecule has 25 heavy (non-hydrogen) atoms. The van der Waals surface area contributed by atoms with Gasteiger partial charge in [-0.1, -0.05) is 0 Å². The van der Waals surface area contributed by atoms with Gasteiger partial charge in [-0.2, -0.15) is 5.10 Å². The molecule has 3 aromatic rings. The number of H-pyrrole nitrogens is 1. The van der Waals surface area contributed by atoms with Crippen LogP contribution < -0.4 is 10.3 Å². The van der Waals surface area contributed by atoms with Crippen LogP contribution in [0.25, 0.3) is 5.52 Å². The van der Waals surface area contributed by atoms with Crippen LogP contribution in [-0.4, -0.2) is 54.6 Å². The van der Waals surface area contributed by atoms with Crippen LogP contribution in [-0.2, 0) is 11.3 Å². The van der Waals surface area contributed by atoms with Gasteiger partial charge in [0.15, 0.2) is 11.3 Å². The number of nitrogens with zero attached hydrogens (tertiary/aromatic N) is 5. The van der Waals surface area contributed by atoms with Gasteiger partial charge in [0, 0.05) is 6.20 Å². The van der Waals surface area contributed by atoms with Crippen molar-refractivity contribution in [1.82, 2.24) is 29.8 Å². The average molecular weight is 348 g/mol. The van der Waals surface area contributed by atoms with Gasteiger partial charge in [0.2, 0.25) is 0 Å². The molecule has 0 unspecified atom stereocenters. The topological polar surface area (TPSA) is 145 Å². The number of fused-ring (bicyclic) bond motifs is 1. The fraction of sp³-hybridized carbons (Fsp3) is 0.286. The molecule has 0 saturated heterocycles. The molecular formula is C14H16N6O5. The van der Waals surface area contributed by atoms with Crippen LogP contribution in [0.4, 0.5) is 0 Å². The summed E-state index contributed by atoms with van der Waals surface area (Å²) in [6, 6.07) is 0. The maximum Gasteiger partial charge on any atom is 0.343 e. The van der Waals surface area contributed by atoms with Gasteiger partial charge in [0.05, 0.1) is 26.5 Å². The van der Waals surface area contributed by atoms with Gasteiger partial charge in [-0.3, -0.25) is 4.79 Å². The van der Waals surface area contributed by atoms with Crippen molar-refractivity contribution in [1.29, 1.82) is 0 Å². The number of aliphatic hydroxyl groups excluding tert-OH is 1. The van der Waals surface area contributed by atoms with Crippen molar-refractivity contribution in [3.8, 4) is 5.75 Å². The van der Waals surface area contributed by atoms with Gasteiger partial charge < -0.3 is 19.6 Å². The van der Waals surface area contributed by atoms with Crippen molar-refractivity contribution in [2.75, 3.05) is 13.7 Å². The number of aromatic amines is 1. The highest BCUT2D eigenvalue weighted by Crippen LogP contribution is 2.24. The van der Waals surface area contributed by atoms with E-state index >= 15 is 0 Å². The number of methoxy groups -OCH3 is 1. The van der Waals surface area contributed by atoms with Gasteiger partial charge in [0.25, 0.3) is 5.56 Å². The first-order chi connectivity index (χ1) is 12.1. The van der Waals surface area contributed by atoms with Crippen LogP contribution >= 0.6 is 0 Å². The van der Waals surface area contributed by atoms with Gasteiger partial charge in [-0.15, -0.1) is 10.2 Å². The lowest BCUT2D eigenvalue weighted by atomic mass is 10.3. The van der Waals surface area contributed by atoms with Gasteiger partial charge in [-0.05, 0) is 6.92 Å². The number of carbonyl (C=O) groups excluding carboxylic acids is 1. The molecule has 0 spiro atoms. The molecule has 0 aromatic carbocycles. The largest absolute Gasteiger partial charge is 0.493 e. The van der Waals surface area contributed by atoms with E-state index in [1.807, 2.05) is 0 Å². The number of hydrogen-bond donors (Lipinski definition) is 2. The standard InChI is InChI=1S/C10H11N3O4.C4H5N3O/c1-3-17-10(15)6-4-13-7(8(6)16-2)9(14)11-5-12-13;8-2-4-1-5-3-6-7-4/h4-5H,3H2,1-2H3,(H,11,12,14);1,3,8H,2H2. The molecule has 132 valence electrons. The van der Waals surface area contributed by atoms with Gasteiger partial charge in [-0.25, -0.2) is 14.3 Å². The predicted octanol–water partition coefficient (Wildman–Crippen LogP) is -0.428. The summed E-state index contributed by atoms with van der Waals surface area (Å²) in [6.07, 6.45) is 5.43. The summed E-state index contributed by atoms with van der Waals surface area (Å²) in [6.45, 7) is 1.85. The summed E-state index contributed by atoms with van der Waals surface area (Å²) in [7, 11) is 1.38. The lowest BCUT2D eigenvalue weighted by Crippen LogP contribution is -2.10. The predicted molar refractivity (Wildman–Crippen MR) is 84.1 cm³/mol. The maximum absolute atomic E-state index is 11.6. The second kappa shape index (κ2) is 8.49. The zero-order valence-corrected chi connectivity index (χ0v) is 13.5. The molecule has 0 amide bonds. The van der Waals surface area contributed by atoms with Crippen LogP contribution in [0.2, 0.25) is 0 Å². The molecule has 11 nitrogen and oxygen atoms in total. The van der Waals surface area contributed by atoms with E-state index in [-0.39, 0.29) is 35.6 Å². The van der Waals surface area contributed by atoms with E-state index < -0.39 is 5.97 Å². The third-order valence-electron chi connectivity index (χ3n) is 2.92. The number of carbonyl (C=O) groups is 1. The molecule has 0 saturated carbocycles. The quantitative estimate of drug-likeness (QED) is 0.600. The fourth-order valence-corrected chi connectivity index (χ4v) is 1.90. The van der Waals surface area contributed by atoms with Crippen LogP contribution in [0.3, 0.4) is 0 Å². The molecular weight excluding hydrogens is 332 g/mol. The number of aromatic nitrogens is 6. The second-order valence-electron chi connectivity index (χ2n) is 4.47. The minimum Gasteiger partial charge on any atom is -0.493 e. The van der Waals surface area contributed by atoms with Gasteiger partial charge in [0.1, 0.15) is 23.9 Å². The first kappa shape index (κ1) is 18.0. The molecule has 0 fully saturated rings. The third-order valence-corrected chi connectivity index (χ3v) is 2.92. The summed E-state index contributed by atoms with van der Waals surface area (Å²) in [5.41, 5.74) is 0.469.